The van der Waals surface area contributed by atoms with Crippen molar-refractivity contribution in [2.75, 3.05) is 59.5 Å². The fraction of sp³-hybridized carbons (Fsp3) is 0.933. The van der Waals surface area contributed by atoms with Crippen LogP contribution in [0.15, 0.2) is 0 Å². The minimum Gasteiger partial charge on any atom is -0.367 e. The Bertz CT molecular complexity index is 324. The first-order valence-electron chi connectivity index (χ1n) is 8.12. The zero-order chi connectivity index (χ0) is 15.2. The summed E-state index contributed by atoms with van der Waals surface area (Å²) in [6, 6.07) is 0.701. The number of nitrogens with two attached hydrogens (primary N) is 1. The Balaban J connectivity index is 1.69. The molecule has 0 radical (unpaired) electrons. The van der Waals surface area contributed by atoms with Crippen molar-refractivity contribution in [1.82, 2.24) is 14.7 Å². The van der Waals surface area contributed by atoms with Crippen LogP contribution in [0.2, 0.25) is 0 Å². The van der Waals surface area contributed by atoms with Crippen LogP contribution in [0, 0.1) is 0 Å². The highest BCUT2D eigenvalue weighted by molar-refractivity contribution is 5.77. The smallest absolute Gasteiger partial charge is 0.248 e. The summed E-state index contributed by atoms with van der Waals surface area (Å²) in [6.07, 6.45) is 2.46. The molecule has 1 atom stereocenters. The lowest BCUT2D eigenvalue weighted by Crippen LogP contribution is -2.54. The third-order valence-corrected chi connectivity index (χ3v) is 4.69. The fourth-order valence-electron chi connectivity index (χ4n) is 3.07. The molecule has 21 heavy (non-hydrogen) atoms. The Hall–Kier alpha value is -0.690. The summed E-state index contributed by atoms with van der Waals surface area (Å²) in [4.78, 5) is 19.0. The highest BCUT2D eigenvalue weighted by Crippen LogP contribution is 2.17. The van der Waals surface area contributed by atoms with Gasteiger partial charge in [-0.1, -0.05) is 0 Å². The minimum absolute atomic E-state index is 0.0468. The van der Waals surface area contributed by atoms with Gasteiger partial charge in [-0.25, -0.2) is 0 Å². The van der Waals surface area contributed by atoms with E-state index in [2.05, 4.69) is 16.8 Å². The van der Waals surface area contributed by atoms with Gasteiger partial charge in [-0.3, -0.25) is 9.69 Å². The van der Waals surface area contributed by atoms with Crippen LogP contribution in [0.5, 0.6) is 0 Å². The highest BCUT2D eigenvalue weighted by atomic mass is 16.5. The van der Waals surface area contributed by atoms with Crippen LogP contribution in [0.25, 0.3) is 0 Å². The molecule has 1 amide bonds. The summed E-state index contributed by atoms with van der Waals surface area (Å²) in [6.45, 7) is 8.52. The maximum Gasteiger partial charge on any atom is 0.248 e. The number of piperazine rings is 1. The van der Waals surface area contributed by atoms with Crippen molar-refractivity contribution in [3.05, 3.63) is 0 Å². The van der Waals surface area contributed by atoms with Gasteiger partial charge in [0.15, 0.2) is 0 Å². The second-order valence-electron chi connectivity index (χ2n) is 6.31. The third kappa shape index (κ3) is 4.92. The standard InChI is InChI=1S/C15H30N4O2/c1-13(11-16)21-12-15(20)19-9-7-18(8-10-19)14-3-5-17(2)6-4-14/h13-14H,3-12,16H2,1-2H3. The SMILES string of the molecule is CC(CN)OCC(=O)N1CCN(C2CCN(C)CC2)CC1. The molecule has 2 aliphatic heterocycles. The number of carbonyl (C=O) groups excluding carboxylic acids is 1. The second-order valence-corrected chi connectivity index (χ2v) is 6.31. The Morgan fingerprint density at radius 2 is 1.81 bits per heavy atom. The van der Waals surface area contributed by atoms with Crippen molar-refractivity contribution >= 4 is 5.91 Å². The Morgan fingerprint density at radius 3 is 2.38 bits per heavy atom. The molecule has 0 aromatic heterocycles. The molecule has 2 heterocycles. The molecule has 2 N–H and O–H groups in total. The lowest BCUT2D eigenvalue weighted by Gasteiger charge is -2.42. The molecule has 2 saturated heterocycles. The summed E-state index contributed by atoms with van der Waals surface area (Å²) in [5, 5.41) is 0. The monoisotopic (exact) mass is 298 g/mol. The molecule has 6 heteroatoms. The molecule has 1 unspecified atom stereocenters. The van der Waals surface area contributed by atoms with E-state index < -0.39 is 0 Å². The Morgan fingerprint density at radius 1 is 1.19 bits per heavy atom. The molecule has 0 aromatic rings. The maximum absolute atomic E-state index is 12.1. The molecular weight excluding hydrogens is 268 g/mol. The first kappa shape index (κ1) is 16.7. The summed E-state index contributed by atoms with van der Waals surface area (Å²) < 4.78 is 5.43. The Kier molecular flexibility index (Phi) is 6.41. The molecule has 2 rings (SSSR count). The van der Waals surface area contributed by atoms with Gasteiger partial charge in [-0.2, -0.15) is 0 Å². The van der Waals surface area contributed by atoms with Gasteiger partial charge < -0.3 is 20.3 Å². The molecule has 0 aliphatic carbocycles. The summed E-state index contributed by atoms with van der Waals surface area (Å²) in [5.74, 6) is 0.0957. The van der Waals surface area contributed by atoms with Gasteiger partial charge >= 0.3 is 0 Å². The van der Waals surface area contributed by atoms with E-state index in [1.807, 2.05) is 11.8 Å². The van der Waals surface area contributed by atoms with E-state index in [-0.39, 0.29) is 18.6 Å². The zero-order valence-corrected chi connectivity index (χ0v) is 13.5. The van der Waals surface area contributed by atoms with Crippen molar-refractivity contribution in [3.8, 4) is 0 Å². The molecule has 0 spiro atoms. The van der Waals surface area contributed by atoms with E-state index in [0.717, 1.165) is 26.2 Å². The predicted molar refractivity (Wildman–Crippen MR) is 83.1 cm³/mol. The van der Waals surface area contributed by atoms with Crippen LogP contribution in [-0.2, 0) is 9.53 Å². The van der Waals surface area contributed by atoms with Crippen molar-refractivity contribution in [2.45, 2.75) is 31.9 Å². The first-order valence-corrected chi connectivity index (χ1v) is 8.12. The summed E-state index contributed by atoms with van der Waals surface area (Å²) in [7, 11) is 2.19. The largest absolute Gasteiger partial charge is 0.367 e. The van der Waals surface area contributed by atoms with Crippen LogP contribution in [0.1, 0.15) is 19.8 Å². The predicted octanol–water partition coefficient (Wildman–Crippen LogP) is -0.411. The van der Waals surface area contributed by atoms with Gasteiger partial charge in [-0.05, 0) is 39.9 Å². The zero-order valence-electron chi connectivity index (χ0n) is 13.5. The average Bonchev–Trinajstić information content (AvgIpc) is 2.53. The lowest BCUT2D eigenvalue weighted by molar-refractivity contribution is -0.139. The molecule has 0 saturated carbocycles. The highest BCUT2D eigenvalue weighted by Gasteiger charge is 2.28. The second kappa shape index (κ2) is 8.08. The normalized spacial score (nSPS) is 24.2. The number of likely N-dealkylation sites (tertiary alicyclic amines) is 1. The maximum atomic E-state index is 12.1. The van der Waals surface area contributed by atoms with Gasteiger partial charge in [-0.15, -0.1) is 0 Å². The van der Waals surface area contributed by atoms with Crippen LogP contribution in [0.4, 0.5) is 0 Å². The number of amides is 1. The number of carbonyl (C=O) groups is 1. The van der Waals surface area contributed by atoms with E-state index in [0.29, 0.717) is 12.6 Å². The first-order chi connectivity index (χ1) is 10.1. The van der Waals surface area contributed by atoms with Gasteiger partial charge in [0.2, 0.25) is 5.91 Å². The van der Waals surface area contributed by atoms with Crippen molar-refractivity contribution < 1.29 is 9.53 Å². The number of nitrogens with zero attached hydrogens (tertiary/aromatic N) is 3. The van der Waals surface area contributed by atoms with Crippen molar-refractivity contribution in [2.24, 2.45) is 5.73 Å². The van der Waals surface area contributed by atoms with Crippen LogP contribution >= 0.6 is 0 Å². The van der Waals surface area contributed by atoms with Gasteiger partial charge in [0.25, 0.3) is 0 Å². The van der Waals surface area contributed by atoms with E-state index in [4.69, 9.17) is 10.5 Å². The molecule has 0 aromatic carbocycles. The molecule has 2 aliphatic rings. The lowest BCUT2D eigenvalue weighted by atomic mass is 10.0. The van der Waals surface area contributed by atoms with Crippen molar-refractivity contribution in [1.29, 1.82) is 0 Å². The number of piperidine rings is 1. The number of ether oxygens (including phenoxy) is 1. The fourth-order valence-corrected chi connectivity index (χ4v) is 3.07. The third-order valence-electron chi connectivity index (χ3n) is 4.69. The Labute approximate surface area is 128 Å². The summed E-state index contributed by atoms with van der Waals surface area (Å²) >= 11 is 0. The van der Waals surface area contributed by atoms with Crippen LogP contribution in [-0.4, -0.2) is 92.2 Å². The average molecular weight is 298 g/mol. The van der Waals surface area contributed by atoms with Crippen molar-refractivity contribution in [3.63, 3.8) is 0 Å². The topological polar surface area (TPSA) is 62.0 Å². The van der Waals surface area contributed by atoms with E-state index >= 15 is 0 Å². The van der Waals surface area contributed by atoms with Gasteiger partial charge in [0.05, 0.1) is 6.10 Å². The van der Waals surface area contributed by atoms with Gasteiger partial charge in [0, 0.05) is 38.8 Å². The van der Waals surface area contributed by atoms with Crippen LogP contribution in [0.3, 0.4) is 0 Å². The van der Waals surface area contributed by atoms with E-state index in [9.17, 15) is 4.79 Å². The quantitative estimate of drug-likeness (QED) is 0.747. The number of hydrogen-bond donors (Lipinski definition) is 1. The molecule has 6 nitrogen and oxygen atoms in total. The molecule has 122 valence electrons. The molecular formula is C15H30N4O2. The van der Waals surface area contributed by atoms with Crippen LogP contribution < -0.4 is 5.73 Å². The molecule has 2 fully saturated rings. The van der Waals surface area contributed by atoms with E-state index in [1.54, 1.807) is 0 Å². The molecule has 0 bridgehead atoms. The summed E-state index contributed by atoms with van der Waals surface area (Å²) in [5.41, 5.74) is 5.49. The van der Waals surface area contributed by atoms with E-state index in [1.165, 1.54) is 25.9 Å². The minimum atomic E-state index is -0.0468. The number of hydrogen-bond acceptors (Lipinski definition) is 5. The number of rotatable bonds is 5. The van der Waals surface area contributed by atoms with Gasteiger partial charge in [0.1, 0.15) is 6.61 Å².